The fraction of sp³-hybridized carbons (Fsp3) is 1.00. The topological polar surface area (TPSA) is 12.5 Å². The number of piperidine rings is 1. The molecule has 2 nitrogen and oxygen atoms in total. The van der Waals surface area contributed by atoms with Crippen LogP contribution in [0.15, 0.2) is 0 Å². The molecule has 76 valence electrons. The molecule has 0 aromatic carbocycles. The van der Waals surface area contributed by atoms with Crippen molar-refractivity contribution < 1.29 is 4.74 Å². The van der Waals surface area contributed by atoms with Gasteiger partial charge < -0.3 is 9.64 Å². The molecule has 0 amide bonds. The van der Waals surface area contributed by atoms with Crippen LogP contribution < -0.4 is 0 Å². The quantitative estimate of drug-likeness (QED) is 0.647. The molecule has 0 radical (unpaired) electrons. The Morgan fingerprint density at radius 1 is 1.23 bits per heavy atom. The summed E-state index contributed by atoms with van der Waals surface area (Å²) in [6.45, 7) is 10.6. The van der Waals surface area contributed by atoms with Crippen molar-refractivity contribution in [3.05, 3.63) is 0 Å². The highest BCUT2D eigenvalue weighted by atomic mass is 16.5. The van der Waals surface area contributed by atoms with Crippen molar-refractivity contribution in [2.75, 3.05) is 32.8 Å². The van der Waals surface area contributed by atoms with E-state index in [1.54, 1.807) is 0 Å². The summed E-state index contributed by atoms with van der Waals surface area (Å²) in [5, 5.41) is 0. The van der Waals surface area contributed by atoms with Gasteiger partial charge in [-0.05, 0) is 31.3 Å². The molecule has 2 saturated heterocycles. The summed E-state index contributed by atoms with van der Waals surface area (Å²) in [6, 6.07) is 0. The average molecular weight is 183 g/mol. The van der Waals surface area contributed by atoms with Gasteiger partial charge in [-0.15, -0.1) is 0 Å². The van der Waals surface area contributed by atoms with Gasteiger partial charge in [0.15, 0.2) is 0 Å². The van der Waals surface area contributed by atoms with Crippen LogP contribution >= 0.6 is 0 Å². The first-order valence-corrected chi connectivity index (χ1v) is 5.46. The fourth-order valence-corrected chi connectivity index (χ4v) is 2.10. The first-order chi connectivity index (χ1) is 6.16. The van der Waals surface area contributed by atoms with Crippen LogP contribution in [0.25, 0.3) is 0 Å². The van der Waals surface area contributed by atoms with E-state index in [1.807, 2.05) is 0 Å². The lowest BCUT2D eigenvalue weighted by Gasteiger charge is -2.40. The number of hydrogen-bond donors (Lipinski definition) is 0. The average Bonchev–Trinajstić information content (AvgIpc) is 1.99. The van der Waals surface area contributed by atoms with Crippen LogP contribution in [0.4, 0.5) is 0 Å². The van der Waals surface area contributed by atoms with Crippen molar-refractivity contribution in [1.82, 2.24) is 4.90 Å². The second-order valence-corrected chi connectivity index (χ2v) is 5.37. The Hall–Kier alpha value is -0.0800. The lowest BCUT2D eigenvalue weighted by Crippen LogP contribution is -2.44. The summed E-state index contributed by atoms with van der Waals surface area (Å²) in [4.78, 5) is 2.61. The number of ether oxygens (including phenoxy) is 1. The lowest BCUT2D eigenvalue weighted by molar-refractivity contribution is -0.0517. The third-order valence-corrected chi connectivity index (χ3v) is 3.43. The third-order valence-electron chi connectivity index (χ3n) is 3.43. The summed E-state index contributed by atoms with van der Waals surface area (Å²) in [5.41, 5.74) is 0.590. The predicted molar refractivity (Wildman–Crippen MR) is 53.8 cm³/mol. The van der Waals surface area contributed by atoms with Crippen LogP contribution in [0.1, 0.15) is 26.7 Å². The molecule has 0 spiro atoms. The highest BCUT2D eigenvalue weighted by Crippen LogP contribution is 2.30. The van der Waals surface area contributed by atoms with Crippen LogP contribution in [0.2, 0.25) is 0 Å². The van der Waals surface area contributed by atoms with Gasteiger partial charge in [-0.25, -0.2) is 0 Å². The molecular formula is C11H21NO. The number of nitrogens with zero attached hydrogens (tertiary/aromatic N) is 1. The number of likely N-dealkylation sites (tertiary alicyclic amines) is 1. The van der Waals surface area contributed by atoms with E-state index in [9.17, 15) is 0 Å². The van der Waals surface area contributed by atoms with Crippen LogP contribution in [0.5, 0.6) is 0 Å². The molecule has 2 heteroatoms. The summed E-state index contributed by atoms with van der Waals surface area (Å²) in [7, 11) is 0. The molecule has 2 rings (SSSR count). The van der Waals surface area contributed by atoms with Crippen molar-refractivity contribution in [1.29, 1.82) is 0 Å². The Labute approximate surface area is 81.3 Å². The Balaban J connectivity index is 1.71. The maximum Gasteiger partial charge on any atom is 0.0528 e. The Morgan fingerprint density at radius 2 is 1.85 bits per heavy atom. The van der Waals surface area contributed by atoms with Crippen LogP contribution in [0, 0.1) is 11.3 Å². The minimum Gasteiger partial charge on any atom is -0.381 e. The van der Waals surface area contributed by atoms with Gasteiger partial charge in [-0.3, -0.25) is 0 Å². The second kappa shape index (κ2) is 3.58. The Bertz CT molecular complexity index is 165. The molecule has 0 aliphatic carbocycles. The lowest BCUT2D eigenvalue weighted by atomic mass is 9.82. The molecule has 2 aliphatic rings. The SMILES string of the molecule is CC1(C)CCN(CC2COC2)CC1. The minimum absolute atomic E-state index is 0.590. The standard InChI is InChI=1S/C11H21NO/c1-11(2)3-5-12(6-4-11)7-10-8-13-9-10/h10H,3-9H2,1-2H3. The van der Waals surface area contributed by atoms with E-state index >= 15 is 0 Å². The van der Waals surface area contributed by atoms with Crippen molar-refractivity contribution in [3.63, 3.8) is 0 Å². The molecule has 2 aliphatic heterocycles. The molecule has 13 heavy (non-hydrogen) atoms. The highest BCUT2D eigenvalue weighted by molar-refractivity contribution is 4.80. The Kier molecular flexibility index (Phi) is 2.61. The monoisotopic (exact) mass is 183 g/mol. The second-order valence-electron chi connectivity index (χ2n) is 5.37. The summed E-state index contributed by atoms with van der Waals surface area (Å²) in [6.07, 6.45) is 2.72. The first-order valence-electron chi connectivity index (χ1n) is 5.46. The van der Waals surface area contributed by atoms with Gasteiger partial charge >= 0.3 is 0 Å². The van der Waals surface area contributed by atoms with E-state index in [-0.39, 0.29) is 0 Å². The highest BCUT2D eigenvalue weighted by Gasteiger charge is 2.28. The van der Waals surface area contributed by atoms with E-state index in [2.05, 4.69) is 18.7 Å². The van der Waals surface area contributed by atoms with E-state index in [0.29, 0.717) is 5.41 Å². The van der Waals surface area contributed by atoms with Crippen LogP contribution in [-0.4, -0.2) is 37.7 Å². The maximum absolute atomic E-state index is 5.19. The van der Waals surface area contributed by atoms with E-state index in [0.717, 1.165) is 19.1 Å². The van der Waals surface area contributed by atoms with Crippen molar-refractivity contribution >= 4 is 0 Å². The van der Waals surface area contributed by atoms with Gasteiger partial charge in [0, 0.05) is 12.5 Å². The zero-order valence-corrected chi connectivity index (χ0v) is 8.88. The molecule has 0 aromatic heterocycles. The van der Waals surface area contributed by atoms with Crippen LogP contribution in [-0.2, 0) is 4.74 Å². The summed E-state index contributed by atoms with van der Waals surface area (Å²) < 4.78 is 5.19. The van der Waals surface area contributed by atoms with Crippen LogP contribution in [0.3, 0.4) is 0 Å². The molecule has 0 bridgehead atoms. The van der Waals surface area contributed by atoms with E-state index < -0.39 is 0 Å². The van der Waals surface area contributed by atoms with Gasteiger partial charge in [0.1, 0.15) is 0 Å². The van der Waals surface area contributed by atoms with Gasteiger partial charge in [-0.2, -0.15) is 0 Å². The zero-order chi connectivity index (χ0) is 9.31. The smallest absolute Gasteiger partial charge is 0.0528 e. The van der Waals surface area contributed by atoms with Gasteiger partial charge in [0.2, 0.25) is 0 Å². The zero-order valence-electron chi connectivity index (χ0n) is 8.88. The third kappa shape index (κ3) is 2.44. The molecule has 0 N–H and O–H groups in total. The maximum atomic E-state index is 5.19. The molecule has 2 fully saturated rings. The number of rotatable bonds is 2. The Morgan fingerprint density at radius 3 is 2.31 bits per heavy atom. The first kappa shape index (κ1) is 9.47. The van der Waals surface area contributed by atoms with E-state index in [4.69, 9.17) is 4.74 Å². The molecular weight excluding hydrogens is 162 g/mol. The molecule has 0 aromatic rings. The van der Waals surface area contributed by atoms with Gasteiger partial charge in [-0.1, -0.05) is 13.8 Å². The van der Waals surface area contributed by atoms with Gasteiger partial charge in [0.25, 0.3) is 0 Å². The van der Waals surface area contributed by atoms with Crippen molar-refractivity contribution in [2.24, 2.45) is 11.3 Å². The molecule has 0 atom stereocenters. The van der Waals surface area contributed by atoms with E-state index in [1.165, 1.54) is 32.5 Å². The molecule has 0 unspecified atom stereocenters. The number of hydrogen-bond acceptors (Lipinski definition) is 2. The normalized spacial score (nSPS) is 30.0. The fourth-order valence-electron chi connectivity index (χ4n) is 2.10. The van der Waals surface area contributed by atoms with Crippen molar-refractivity contribution in [3.8, 4) is 0 Å². The van der Waals surface area contributed by atoms with Gasteiger partial charge in [0.05, 0.1) is 13.2 Å². The largest absolute Gasteiger partial charge is 0.381 e. The van der Waals surface area contributed by atoms with Crippen molar-refractivity contribution in [2.45, 2.75) is 26.7 Å². The molecule has 0 saturated carbocycles. The summed E-state index contributed by atoms with van der Waals surface area (Å²) in [5.74, 6) is 0.834. The predicted octanol–water partition coefficient (Wildman–Crippen LogP) is 1.75. The molecule has 2 heterocycles. The summed E-state index contributed by atoms with van der Waals surface area (Å²) >= 11 is 0. The minimum atomic E-state index is 0.590.